The predicted molar refractivity (Wildman–Crippen MR) is 189 cm³/mol. The van der Waals surface area contributed by atoms with Crippen molar-refractivity contribution in [1.82, 2.24) is 25.1 Å². The minimum absolute atomic E-state index is 0.0331. The molecule has 49 heavy (non-hydrogen) atoms. The van der Waals surface area contributed by atoms with E-state index in [1.807, 2.05) is 46.7 Å². The Labute approximate surface area is 290 Å². The molecule has 0 unspecified atom stereocenters. The second kappa shape index (κ2) is 14.5. The van der Waals surface area contributed by atoms with E-state index < -0.39 is 11.7 Å². The molecule has 4 N–H and O–H groups in total. The molecule has 0 bridgehead atoms. The number of nitrogens with one attached hydrogen (secondary N) is 2. The van der Waals surface area contributed by atoms with Crippen LogP contribution < -0.4 is 10.2 Å². The number of halogens is 1. The fourth-order valence-electron chi connectivity index (χ4n) is 6.78. The van der Waals surface area contributed by atoms with Gasteiger partial charge in [-0.2, -0.15) is 0 Å². The minimum Gasteiger partial charge on any atom is -0.506 e. The number of phenolic OH excluding ortho intramolecular Hbond substituents is 1. The van der Waals surface area contributed by atoms with E-state index in [9.17, 15) is 24.2 Å². The summed E-state index contributed by atoms with van der Waals surface area (Å²) in [6.45, 7) is 4.52. The van der Waals surface area contributed by atoms with E-state index in [1.54, 1.807) is 18.2 Å². The number of H-pyrrole nitrogens is 1. The van der Waals surface area contributed by atoms with Gasteiger partial charge in [0.05, 0.1) is 29.6 Å². The van der Waals surface area contributed by atoms with Crippen molar-refractivity contribution in [3.05, 3.63) is 104 Å². The number of piperidine rings is 1. The van der Waals surface area contributed by atoms with Gasteiger partial charge in [-0.3, -0.25) is 14.5 Å². The summed E-state index contributed by atoms with van der Waals surface area (Å²) in [5, 5.41) is 26.7. The third-order valence-corrected chi connectivity index (χ3v) is 11.2. The van der Waals surface area contributed by atoms with Crippen LogP contribution in [0, 0.1) is 5.82 Å². The number of ether oxygens (including phenoxy) is 1. The number of phenols is 1. The van der Waals surface area contributed by atoms with Crippen LogP contribution in [0.2, 0.25) is 0 Å². The molecule has 2 aliphatic heterocycles. The van der Waals surface area contributed by atoms with Crippen LogP contribution >= 0.6 is 22.7 Å². The summed E-state index contributed by atoms with van der Waals surface area (Å²) < 4.78 is 21.5. The highest BCUT2D eigenvalue weighted by molar-refractivity contribution is 7.16. The van der Waals surface area contributed by atoms with Gasteiger partial charge in [-0.1, -0.05) is 53.8 Å². The van der Waals surface area contributed by atoms with Crippen molar-refractivity contribution < 1.29 is 24.1 Å². The second-order valence-electron chi connectivity index (χ2n) is 12.8. The lowest BCUT2D eigenvalue weighted by Gasteiger charge is -2.47. The molecule has 1 spiro atoms. The molecule has 0 aliphatic carbocycles. The third-order valence-electron chi connectivity index (χ3n) is 9.35. The Balaban J connectivity index is 0.898. The number of aliphatic hydroxyl groups is 1. The highest BCUT2D eigenvalue weighted by Gasteiger charge is 2.41. The zero-order valence-electron chi connectivity index (χ0n) is 26.9. The van der Waals surface area contributed by atoms with Gasteiger partial charge in [0.25, 0.3) is 5.91 Å². The number of hydrogen-bond donors (Lipinski definition) is 4. The number of likely N-dealkylation sites (tertiary alicyclic amines) is 1. The number of nitrogens with zero attached hydrogens (tertiary/aromatic N) is 3. The van der Waals surface area contributed by atoms with Crippen molar-refractivity contribution in [2.24, 2.45) is 0 Å². The molecule has 7 rings (SSSR count). The third kappa shape index (κ3) is 7.62. The fourth-order valence-corrected chi connectivity index (χ4v) is 8.50. The van der Waals surface area contributed by atoms with Crippen LogP contribution in [0.15, 0.2) is 70.8 Å². The molecule has 1 atom stereocenters. The maximum absolute atomic E-state index is 14.7. The topological polar surface area (TPSA) is 131 Å². The van der Waals surface area contributed by atoms with E-state index in [4.69, 9.17) is 4.74 Å². The smallest absolute Gasteiger partial charge is 0.305 e. The number of aromatic hydroxyl groups is 1. The fraction of sp³-hybridized carbons (Fsp3) is 0.361. The Hall–Kier alpha value is -3.98. The number of thiazole rings is 2. The zero-order chi connectivity index (χ0) is 34.0. The monoisotopic (exact) mass is 703 g/mol. The molecule has 13 heteroatoms. The average molecular weight is 704 g/mol. The molecule has 2 aromatic heterocycles. The summed E-state index contributed by atoms with van der Waals surface area (Å²) in [7, 11) is 0. The van der Waals surface area contributed by atoms with Crippen LogP contribution in [0.4, 0.5) is 4.39 Å². The van der Waals surface area contributed by atoms with Gasteiger partial charge in [0.1, 0.15) is 27.8 Å². The van der Waals surface area contributed by atoms with Gasteiger partial charge in [0.15, 0.2) is 0 Å². The van der Waals surface area contributed by atoms with Gasteiger partial charge in [0.2, 0.25) is 0 Å². The van der Waals surface area contributed by atoms with Crippen LogP contribution in [0.5, 0.6) is 5.75 Å². The number of fused-ring (bicyclic) bond motifs is 1. The molecule has 10 nitrogen and oxygen atoms in total. The minimum atomic E-state index is -0.877. The number of aromatic amines is 1. The molecule has 2 aliphatic rings. The lowest BCUT2D eigenvalue weighted by Crippen LogP contribution is -2.58. The summed E-state index contributed by atoms with van der Waals surface area (Å²) in [6.07, 6.45) is 1.26. The Morgan fingerprint density at radius 3 is 2.71 bits per heavy atom. The van der Waals surface area contributed by atoms with E-state index in [1.165, 1.54) is 17.4 Å². The molecular formula is C36H38FN5O5S2. The Kier molecular flexibility index (Phi) is 9.90. The molecule has 3 aromatic carbocycles. The van der Waals surface area contributed by atoms with E-state index in [0.717, 1.165) is 59.0 Å². The quantitative estimate of drug-likeness (QED) is 0.151. The van der Waals surface area contributed by atoms with Gasteiger partial charge < -0.3 is 30.2 Å². The maximum atomic E-state index is 14.7. The van der Waals surface area contributed by atoms with Crippen LogP contribution in [0.25, 0.3) is 20.8 Å². The lowest BCUT2D eigenvalue weighted by atomic mass is 9.89. The summed E-state index contributed by atoms with van der Waals surface area (Å²) in [4.78, 5) is 36.4. The van der Waals surface area contributed by atoms with E-state index in [0.29, 0.717) is 60.7 Å². The van der Waals surface area contributed by atoms with Crippen LogP contribution in [0.3, 0.4) is 0 Å². The highest BCUT2D eigenvalue weighted by Crippen LogP contribution is 2.33. The Bertz CT molecular complexity index is 1990. The number of benzene rings is 3. The number of aliphatic hydroxyl groups excluding tert-OH is 1. The predicted octanol–water partition coefficient (Wildman–Crippen LogP) is 4.93. The van der Waals surface area contributed by atoms with Crippen molar-refractivity contribution in [3.8, 4) is 16.3 Å². The van der Waals surface area contributed by atoms with Crippen molar-refractivity contribution in [2.75, 3.05) is 45.9 Å². The highest BCUT2D eigenvalue weighted by atomic mass is 32.1. The van der Waals surface area contributed by atoms with E-state index >= 15 is 0 Å². The van der Waals surface area contributed by atoms with Crippen molar-refractivity contribution >= 4 is 38.8 Å². The summed E-state index contributed by atoms with van der Waals surface area (Å²) in [5.74, 6) is -0.372. The largest absolute Gasteiger partial charge is 0.506 e. The molecule has 5 aromatic rings. The number of carbonyl (C=O) groups is 1. The normalized spacial score (nSPS) is 17.1. The van der Waals surface area contributed by atoms with Crippen LogP contribution in [-0.4, -0.2) is 87.4 Å². The average Bonchev–Trinajstić information content (AvgIpc) is 3.76. The summed E-state index contributed by atoms with van der Waals surface area (Å²) >= 11 is 2.43. The standard InChI is InChI=1S/C36H38FN5O5S2/c37-26-17-23(8-11-38-19-30(44)27-6-7-29(43)31-32(27)49-35(46)40-31)16-24(18-26)20-41-12-9-36(10-13-41)22-42(14-15-47-36)34(45)28-21-48-33(39-28)25-4-2-1-3-5-25/h1-7,16-18,21,30,38,43-44H,8-15,19-20,22H2,(H,40,46)/t30-/m0/s1. The molecule has 1 amide bonds. The zero-order valence-corrected chi connectivity index (χ0v) is 28.5. The first-order valence-electron chi connectivity index (χ1n) is 16.4. The maximum Gasteiger partial charge on any atom is 0.305 e. The van der Waals surface area contributed by atoms with Crippen molar-refractivity contribution in [2.45, 2.75) is 37.5 Å². The number of rotatable bonds is 10. The van der Waals surface area contributed by atoms with Crippen molar-refractivity contribution in [3.63, 3.8) is 0 Å². The Morgan fingerprint density at radius 1 is 1.10 bits per heavy atom. The molecular weight excluding hydrogens is 666 g/mol. The summed E-state index contributed by atoms with van der Waals surface area (Å²) in [5.41, 5.74) is 3.74. The van der Waals surface area contributed by atoms with E-state index in [2.05, 4.69) is 20.2 Å². The molecule has 0 saturated carbocycles. The number of amides is 1. The molecule has 2 saturated heterocycles. The Morgan fingerprint density at radius 2 is 1.90 bits per heavy atom. The van der Waals surface area contributed by atoms with Crippen LogP contribution in [0.1, 0.15) is 46.1 Å². The van der Waals surface area contributed by atoms with Gasteiger partial charge in [-0.05, 0) is 55.1 Å². The van der Waals surface area contributed by atoms with Crippen molar-refractivity contribution in [1.29, 1.82) is 0 Å². The van der Waals surface area contributed by atoms with Gasteiger partial charge >= 0.3 is 4.87 Å². The molecule has 256 valence electrons. The van der Waals surface area contributed by atoms with E-state index in [-0.39, 0.29) is 28.9 Å². The van der Waals surface area contributed by atoms with Gasteiger partial charge in [0, 0.05) is 49.2 Å². The first-order valence-corrected chi connectivity index (χ1v) is 18.1. The molecule has 2 fully saturated rings. The van der Waals surface area contributed by atoms with Gasteiger partial charge in [-0.25, -0.2) is 9.37 Å². The first-order chi connectivity index (χ1) is 23.7. The molecule has 4 heterocycles. The van der Waals surface area contributed by atoms with Gasteiger partial charge in [-0.15, -0.1) is 11.3 Å². The lowest BCUT2D eigenvalue weighted by molar-refractivity contribution is -0.128. The molecule has 0 radical (unpaired) electrons. The van der Waals surface area contributed by atoms with Crippen LogP contribution in [-0.2, 0) is 17.7 Å². The number of morpholine rings is 1. The number of carbonyl (C=O) groups excluding carboxylic acids is 1. The number of hydrogen-bond acceptors (Lipinski definition) is 10. The SMILES string of the molecule is O=C(c1csc(-c2ccccc2)n1)N1CCOC2(CCN(Cc3cc(F)cc(CCNC[C@H](O)c4ccc(O)c5[nH]c(=O)sc45)c3)CC2)C1. The second-order valence-corrected chi connectivity index (χ2v) is 14.6. The first kappa shape index (κ1) is 33.5. The summed E-state index contributed by atoms with van der Waals surface area (Å²) in [6, 6.07) is 18.1. The number of aromatic nitrogens is 2.